The van der Waals surface area contributed by atoms with Crippen LogP contribution in [-0.4, -0.2) is 113 Å². The molecule has 4 aromatic rings. The van der Waals surface area contributed by atoms with E-state index in [9.17, 15) is 34.8 Å². The van der Waals surface area contributed by atoms with Gasteiger partial charge in [-0.15, -0.1) is 15.3 Å². The molecule has 4 rings (SSSR count). The van der Waals surface area contributed by atoms with Crippen LogP contribution in [0.1, 0.15) is 5.82 Å². The second-order valence-corrected chi connectivity index (χ2v) is 9.96. The Morgan fingerprint density at radius 1 is 1.05 bits per heavy atom. The summed E-state index contributed by atoms with van der Waals surface area (Å²) < 4.78 is 5.14. The molecule has 4 atom stereocenters. The topological polar surface area (TPSA) is 248 Å². The average molecular weight is 605 g/mol. The van der Waals surface area contributed by atoms with Crippen molar-refractivity contribution in [2.75, 3.05) is 12.4 Å². The van der Waals surface area contributed by atoms with Crippen molar-refractivity contribution in [3.8, 4) is 5.69 Å². The molecule has 0 aliphatic carbocycles. The molecular formula is C23H28N10O8S. The van der Waals surface area contributed by atoms with E-state index in [0.29, 0.717) is 16.7 Å². The number of rotatable bonds is 12. The van der Waals surface area contributed by atoms with E-state index in [1.54, 1.807) is 28.8 Å². The Hall–Kier alpha value is -4.27. The van der Waals surface area contributed by atoms with Crippen LogP contribution >= 0.6 is 11.8 Å². The Balaban J connectivity index is 1.52. The molecule has 1 aromatic carbocycles. The number of para-hydroxylation sites is 1. The smallest absolute Gasteiger partial charge is 0.332 e. The van der Waals surface area contributed by atoms with Crippen LogP contribution in [0.4, 0.5) is 0 Å². The van der Waals surface area contributed by atoms with Crippen molar-refractivity contribution < 1.29 is 30.3 Å². The van der Waals surface area contributed by atoms with Crippen LogP contribution in [0.15, 0.2) is 50.2 Å². The molecule has 0 radical (unpaired) electrons. The van der Waals surface area contributed by atoms with Crippen LogP contribution in [0, 0.1) is 0 Å². The predicted molar refractivity (Wildman–Crippen MR) is 147 cm³/mol. The maximum atomic E-state index is 12.8. The number of hydrazone groups is 1. The van der Waals surface area contributed by atoms with Gasteiger partial charge in [-0.3, -0.25) is 23.3 Å². The fourth-order valence-corrected chi connectivity index (χ4v) is 4.61. The summed E-state index contributed by atoms with van der Waals surface area (Å²) >= 11 is 1.01. The molecule has 19 heteroatoms. The molecule has 42 heavy (non-hydrogen) atoms. The molecule has 0 saturated carbocycles. The highest BCUT2D eigenvalue weighted by atomic mass is 32.2. The third-order valence-corrected chi connectivity index (χ3v) is 7.08. The van der Waals surface area contributed by atoms with E-state index >= 15 is 0 Å². The summed E-state index contributed by atoms with van der Waals surface area (Å²) in [6.45, 7) is -0.875. The van der Waals surface area contributed by atoms with E-state index in [1.165, 1.54) is 23.3 Å². The van der Waals surface area contributed by atoms with Gasteiger partial charge in [-0.1, -0.05) is 35.2 Å². The Morgan fingerprint density at radius 3 is 2.45 bits per heavy atom. The molecule has 0 unspecified atom stereocenters. The van der Waals surface area contributed by atoms with Gasteiger partial charge in [0.15, 0.2) is 22.1 Å². The first kappa shape index (κ1) is 30.7. The maximum Gasteiger partial charge on any atom is 0.332 e. The number of hydrogen-bond donors (Lipinski definition) is 6. The second kappa shape index (κ2) is 13.1. The van der Waals surface area contributed by atoms with Gasteiger partial charge >= 0.3 is 5.69 Å². The van der Waals surface area contributed by atoms with Gasteiger partial charge in [-0.05, 0) is 12.1 Å². The number of fused-ring (bicyclic) bond motifs is 1. The summed E-state index contributed by atoms with van der Waals surface area (Å²) in [6.07, 6.45) is -6.37. The predicted octanol–water partition coefficient (Wildman–Crippen LogP) is -3.91. The number of nitrogens with one attached hydrogen (secondary N) is 1. The zero-order valence-electron chi connectivity index (χ0n) is 22.3. The molecule has 6 N–H and O–H groups in total. The number of hydrogen-bond acceptors (Lipinski definition) is 14. The lowest BCUT2D eigenvalue weighted by molar-refractivity contribution is -0.118. The highest BCUT2D eigenvalue weighted by Gasteiger charge is 2.29. The number of aliphatic hydroxyl groups is 5. The van der Waals surface area contributed by atoms with E-state index in [4.69, 9.17) is 5.11 Å². The fourth-order valence-electron chi connectivity index (χ4n) is 3.85. The van der Waals surface area contributed by atoms with Gasteiger partial charge in [0.2, 0.25) is 0 Å². The number of carbonyl (C=O) groups is 1. The number of carbonyl (C=O) groups excluding carboxylic acids is 1. The van der Waals surface area contributed by atoms with Crippen LogP contribution in [0.5, 0.6) is 0 Å². The van der Waals surface area contributed by atoms with Crippen LogP contribution in [0.3, 0.4) is 0 Å². The van der Waals surface area contributed by atoms with Gasteiger partial charge in [0.05, 0.1) is 18.6 Å². The minimum atomic E-state index is -1.86. The molecule has 3 aromatic heterocycles. The van der Waals surface area contributed by atoms with Crippen LogP contribution < -0.4 is 16.7 Å². The SMILES string of the molecule is Cn1c(=O)c2c(nnn2Cc2nnc(SCC(=O)N/N=C/[C@@H](O)[C@@H](O)[C@H](O)[C@H](O)CO)n2-c2ccccc2)n(C)c1=O. The van der Waals surface area contributed by atoms with Gasteiger partial charge < -0.3 is 25.5 Å². The van der Waals surface area contributed by atoms with Crippen molar-refractivity contribution in [1.29, 1.82) is 0 Å². The monoisotopic (exact) mass is 604 g/mol. The molecule has 0 aliphatic heterocycles. The highest BCUT2D eigenvalue weighted by Crippen LogP contribution is 2.23. The van der Waals surface area contributed by atoms with Crippen molar-refractivity contribution >= 4 is 35.0 Å². The third kappa shape index (κ3) is 6.30. The Morgan fingerprint density at radius 2 is 1.76 bits per heavy atom. The minimum absolute atomic E-state index is 0.0417. The quantitative estimate of drug-likeness (QED) is 0.0515. The molecule has 0 bridgehead atoms. The zero-order valence-corrected chi connectivity index (χ0v) is 23.1. The summed E-state index contributed by atoms with van der Waals surface area (Å²) in [5.41, 5.74) is 1.91. The van der Waals surface area contributed by atoms with Crippen LogP contribution in [0.25, 0.3) is 16.9 Å². The summed E-state index contributed by atoms with van der Waals surface area (Å²) in [6, 6.07) is 8.98. The summed E-state index contributed by atoms with van der Waals surface area (Å²) in [5.74, 6) is -0.447. The fraction of sp³-hybridized carbons (Fsp3) is 0.391. The Kier molecular flexibility index (Phi) is 9.60. The van der Waals surface area contributed by atoms with Crippen molar-refractivity contribution in [2.24, 2.45) is 19.2 Å². The lowest BCUT2D eigenvalue weighted by Crippen LogP contribution is -2.46. The first-order chi connectivity index (χ1) is 20.0. The number of aliphatic hydroxyl groups excluding tert-OH is 5. The van der Waals surface area contributed by atoms with E-state index < -0.39 is 48.2 Å². The number of benzene rings is 1. The molecular weight excluding hydrogens is 576 g/mol. The van der Waals surface area contributed by atoms with Gasteiger partial charge in [0.25, 0.3) is 11.5 Å². The van der Waals surface area contributed by atoms with Crippen molar-refractivity contribution in [1.82, 2.24) is 44.3 Å². The number of thioether (sulfide) groups is 1. The standard InChI is InChI=1S/C23H28N10O8S/c1-30-20-17(21(40)31(2)23(30)41)32(29-27-20)9-15-25-28-22(33(15)12-6-4-3-5-7-12)42-11-16(37)26-24-8-13(35)18(38)19(39)14(36)10-34/h3-8,13-14,18-19,34-36,38-39H,9-11H2,1-2H3,(H,26,37)/b24-8+/t13-,14-,18-,19-/m1/s1. The summed E-state index contributed by atoms with van der Waals surface area (Å²) in [7, 11) is 2.83. The Bertz CT molecular complexity index is 1700. The molecule has 0 aliphatic rings. The lowest BCUT2D eigenvalue weighted by Gasteiger charge is -2.23. The number of nitrogens with zero attached hydrogens (tertiary/aromatic N) is 9. The van der Waals surface area contributed by atoms with Crippen molar-refractivity contribution in [2.45, 2.75) is 36.1 Å². The number of amides is 1. The van der Waals surface area contributed by atoms with E-state index in [0.717, 1.165) is 22.5 Å². The second-order valence-electron chi connectivity index (χ2n) is 9.02. The first-order valence-corrected chi connectivity index (χ1v) is 13.3. The largest absolute Gasteiger partial charge is 0.394 e. The van der Waals surface area contributed by atoms with E-state index in [-0.39, 0.29) is 23.5 Å². The molecule has 1 amide bonds. The number of aryl methyl sites for hydroxylation is 1. The maximum absolute atomic E-state index is 12.8. The normalized spacial score (nSPS) is 14.7. The van der Waals surface area contributed by atoms with Gasteiger partial charge in [-0.2, -0.15) is 5.10 Å². The van der Waals surface area contributed by atoms with Gasteiger partial charge in [0.1, 0.15) is 31.0 Å². The molecule has 0 spiro atoms. The summed E-state index contributed by atoms with van der Waals surface area (Å²) in [4.78, 5) is 37.5. The van der Waals surface area contributed by atoms with Crippen molar-refractivity contribution in [3.05, 3.63) is 57.0 Å². The van der Waals surface area contributed by atoms with E-state index in [1.807, 2.05) is 6.07 Å². The van der Waals surface area contributed by atoms with Gasteiger partial charge in [-0.25, -0.2) is 14.9 Å². The minimum Gasteiger partial charge on any atom is -0.394 e. The average Bonchev–Trinajstić information content (AvgIpc) is 3.61. The van der Waals surface area contributed by atoms with E-state index in [2.05, 4.69) is 31.0 Å². The van der Waals surface area contributed by atoms with Gasteiger partial charge in [0, 0.05) is 19.8 Å². The highest BCUT2D eigenvalue weighted by molar-refractivity contribution is 7.99. The Labute approximate surface area is 240 Å². The first-order valence-electron chi connectivity index (χ1n) is 12.3. The zero-order chi connectivity index (χ0) is 30.6. The molecule has 0 fully saturated rings. The van der Waals surface area contributed by atoms with Crippen LogP contribution in [0.2, 0.25) is 0 Å². The molecule has 18 nitrogen and oxygen atoms in total. The summed E-state index contributed by atoms with van der Waals surface area (Å²) in [5, 5.41) is 67.8. The molecule has 224 valence electrons. The molecule has 0 saturated heterocycles. The number of aromatic nitrogens is 8. The van der Waals surface area contributed by atoms with Crippen LogP contribution in [-0.2, 0) is 25.4 Å². The van der Waals surface area contributed by atoms with Crippen molar-refractivity contribution in [3.63, 3.8) is 0 Å². The molecule has 3 heterocycles. The third-order valence-electron chi connectivity index (χ3n) is 6.15. The lowest BCUT2D eigenvalue weighted by atomic mass is 10.0.